The molecule has 1 aliphatic rings. The molecule has 0 saturated carbocycles. The number of hydrogen-bond donors (Lipinski definition) is 1. The molecular formula is C8H10F3N. The van der Waals surface area contributed by atoms with E-state index < -0.39 is 12.1 Å². The molecule has 1 unspecified atom stereocenters. The van der Waals surface area contributed by atoms with E-state index in [4.69, 9.17) is 5.73 Å². The summed E-state index contributed by atoms with van der Waals surface area (Å²) in [6, 6.07) is 0. The van der Waals surface area contributed by atoms with Gasteiger partial charge in [-0.25, -0.2) is 0 Å². The van der Waals surface area contributed by atoms with Crippen LogP contribution < -0.4 is 5.73 Å². The number of hydrogen-bond acceptors (Lipinski definition) is 1. The van der Waals surface area contributed by atoms with Gasteiger partial charge >= 0.3 is 6.18 Å². The Labute approximate surface area is 68.7 Å². The van der Waals surface area contributed by atoms with E-state index in [9.17, 15) is 13.2 Å². The third kappa shape index (κ3) is 1.81. The van der Waals surface area contributed by atoms with Crippen LogP contribution in [-0.2, 0) is 0 Å². The molecule has 4 heteroatoms. The molecule has 0 bridgehead atoms. The average Bonchev–Trinajstić information content (AvgIpc) is 1.92. The summed E-state index contributed by atoms with van der Waals surface area (Å²) in [6.45, 7) is 1.59. The summed E-state index contributed by atoms with van der Waals surface area (Å²) in [7, 11) is 0. The fraction of sp³-hybridized carbons (Fsp3) is 0.500. The zero-order valence-corrected chi connectivity index (χ0v) is 6.65. The molecule has 0 amide bonds. The molecule has 68 valence electrons. The van der Waals surface area contributed by atoms with Crippen molar-refractivity contribution in [3.8, 4) is 0 Å². The van der Waals surface area contributed by atoms with E-state index in [2.05, 4.69) is 0 Å². The van der Waals surface area contributed by atoms with Gasteiger partial charge in [0.05, 0.1) is 5.92 Å². The second-order valence-corrected chi connectivity index (χ2v) is 2.89. The summed E-state index contributed by atoms with van der Waals surface area (Å²) in [5.41, 5.74) is 6.38. The SMILES string of the molecule is CC1=CC(C(F)(F)F)CC=C1N. The molecule has 0 aliphatic heterocycles. The molecule has 0 radical (unpaired) electrons. The average molecular weight is 177 g/mol. The maximum Gasteiger partial charge on any atom is 0.395 e. The summed E-state index contributed by atoms with van der Waals surface area (Å²) >= 11 is 0. The lowest BCUT2D eigenvalue weighted by molar-refractivity contribution is -0.160. The van der Waals surface area contributed by atoms with Crippen molar-refractivity contribution in [2.75, 3.05) is 0 Å². The Morgan fingerprint density at radius 1 is 1.50 bits per heavy atom. The standard InChI is InChI=1S/C8H10F3N/c1-5-4-6(8(9,10)11)2-3-7(5)12/h3-4,6H,2,12H2,1H3. The van der Waals surface area contributed by atoms with Gasteiger partial charge in [-0.05, 0) is 18.9 Å². The predicted molar refractivity (Wildman–Crippen MR) is 40.2 cm³/mol. The zero-order valence-electron chi connectivity index (χ0n) is 6.65. The van der Waals surface area contributed by atoms with Gasteiger partial charge in [-0.1, -0.05) is 12.2 Å². The predicted octanol–water partition coefficient (Wildman–Crippen LogP) is 2.36. The Balaban J connectivity index is 2.79. The van der Waals surface area contributed by atoms with Gasteiger partial charge in [0.2, 0.25) is 0 Å². The van der Waals surface area contributed by atoms with Crippen LogP contribution in [0.15, 0.2) is 23.4 Å². The highest BCUT2D eigenvalue weighted by Crippen LogP contribution is 2.34. The summed E-state index contributed by atoms with van der Waals surface area (Å²) < 4.78 is 36.4. The Morgan fingerprint density at radius 3 is 2.50 bits per heavy atom. The van der Waals surface area contributed by atoms with Crippen molar-refractivity contribution in [3.63, 3.8) is 0 Å². The van der Waals surface area contributed by atoms with E-state index in [-0.39, 0.29) is 6.42 Å². The Morgan fingerprint density at radius 2 is 2.08 bits per heavy atom. The Kier molecular flexibility index (Phi) is 2.17. The minimum absolute atomic E-state index is 0.0350. The van der Waals surface area contributed by atoms with E-state index in [1.807, 2.05) is 0 Å². The third-order valence-corrected chi connectivity index (χ3v) is 1.92. The van der Waals surface area contributed by atoms with Crippen molar-refractivity contribution >= 4 is 0 Å². The lowest BCUT2D eigenvalue weighted by atomic mass is 9.94. The summed E-state index contributed by atoms with van der Waals surface area (Å²) in [6.07, 6.45) is -1.58. The second kappa shape index (κ2) is 2.84. The van der Waals surface area contributed by atoms with Crippen molar-refractivity contribution in [2.24, 2.45) is 11.7 Å². The Hall–Kier alpha value is -0.930. The lowest BCUT2D eigenvalue weighted by Crippen LogP contribution is -2.23. The monoisotopic (exact) mass is 177 g/mol. The number of rotatable bonds is 0. The van der Waals surface area contributed by atoms with E-state index >= 15 is 0 Å². The van der Waals surface area contributed by atoms with Crippen LogP contribution in [0.5, 0.6) is 0 Å². The first kappa shape index (κ1) is 9.16. The van der Waals surface area contributed by atoms with Gasteiger partial charge in [0.25, 0.3) is 0 Å². The molecular weight excluding hydrogens is 167 g/mol. The van der Waals surface area contributed by atoms with E-state index in [1.54, 1.807) is 6.92 Å². The molecule has 1 atom stereocenters. The van der Waals surface area contributed by atoms with Gasteiger partial charge in [0.1, 0.15) is 0 Å². The van der Waals surface area contributed by atoms with Gasteiger partial charge in [-0.3, -0.25) is 0 Å². The van der Waals surface area contributed by atoms with E-state index in [0.29, 0.717) is 11.3 Å². The van der Waals surface area contributed by atoms with Crippen LogP contribution in [0, 0.1) is 5.92 Å². The maximum atomic E-state index is 12.1. The smallest absolute Gasteiger partial charge is 0.395 e. The molecule has 2 N–H and O–H groups in total. The minimum atomic E-state index is -4.14. The highest BCUT2D eigenvalue weighted by atomic mass is 19.4. The number of alkyl halides is 3. The van der Waals surface area contributed by atoms with Gasteiger partial charge in [0.15, 0.2) is 0 Å². The normalized spacial score (nSPS) is 24.8. The number of allylic oxidation sites excluding steroid dienone is 3. The second-order valence-electron chi connectivity index (χ2n) is 2.89. The first-order valence-electron chi connectivity index (χ1n) is 3.62. The van der Waals surface area contributed by atoms with Gasteiger partial charge in [0, 0.05) is 5.70 Å². The van der Waals surface area contributed by atoms with Crippen LogP contribution >= 0.6 is 0 Å². The van der Waals surface area contributed by atoms with Gasteiger partial charge < -0.3 is 5.73 Å². The molecule has 0 aromatic rings. The molecule has 0 aromatic heterocycles. The molecule has 0 spiro atoms. The molecule has 1 aliphatic carbocycles. The van der Waals surface area contributed by atoms with Crippen molar-refractivity contribution < 1.29 is 13.2 Å². The van der Waals surface area contributed by atoms with Crippen LogP contribution in [0.25, 0.3) is 0 Å². The van der Waals surface area contributed by atoms with Crippen LogP contribution in [0.2, 0.25) is 0 Å². The molecule has 0 aromatic carbocycles. The molecule has 1 nitrogen and oxygen atoms in total. The number of halogens is 3. The summed E-state index contributed by atoms with van der Waals surface area (Å²) in [5.74, 6) is -1.36. The fourth-order valence-corrected chi connectivity index (χ4v) is 1.11. The van der Waals surface area contributed by atoms with Crippen LogP contribution in [0.3, 0.4) is 0 Å². The lowest BCUT2D eigenvalue weighted by Gasteiger charge is -2.20. The topological polar surface area (TPSA) is 26.0 Å². The highest BCUT2D eigenvalue weighted by Gasteiger charge is 2.38. The third-order valence-electron chi connectivity index (χ3n) is 1.92. The van der Waals surface area contributed by atoms with E-state index in [0.717, 1.165) is 0 Å². The van der Waals surface area contributed by atoms with E-state index in [1.165, 1.54) is 12.2 Å². The maximum absolute atomic E-state index is 12.1. The first-order chi connectivity index (χ1) is 5.41. The molecule has 0 fully saturated rings. The van der Waals surface area contributed by atoms with Crippen molar-refractivity contribution in [1.82, 2.24) is 0 Å². The largest absolute Gasteiger partial charge is 0.399 e. The van der Waals surface area contributed by atoms with Gasteiger partial charge in [-0.2, -0.15) is 13.2 Å². The van der Waals surface area contributed by atoms with Crippen LogP contribution in [0.1, 0.15) is 13.3 Å². The van der Waals surface area contributed by atoms with Gasteiger partial charge in [-0.15, -0.1) is 0 Å². The van der Waals surface area contributed by atoms with Crippen molar-refractivity contribution in [3.05, 3.63) is 23.4 Å². The molecule has 12 heavy (non-hydrogen) atoms. The highest BCUT2D eigenvalue weighted by molar-refractivity contribution is 5.30. The summed E-state index contributed by atoms with van der Waals surface area (Å²) in [5, 5.41) is 0. The molecule has 0 saturated heterocycles. The van der Waals surface area contributed by atoms with Crippen molar-refractivity contribution in [2.45, 2.75) is 19.5 Å². The number of nitrogens with two attached hydrogens (primary N) is 1. The minimum Gasteiger partial charge on any atom is -0.399 e. The summed E-state index contributed by atoms with van der Waals surface area (Å²) in [4.78, 5) is 0. The van der Waals surface area contributed by atoms with Crippen LogP contribution in [-0.4, -0.2) is 6.18 Å². The first-order valence-corrected chi connectivity index (χ1v) is 3.62. The zero-order chi connectivity index (χ0) is 9.35. The van der Waals surface area contributed by atoms with Crippen molar-refractivity contribution in [1.29, 1.82) is 0 Å². The quantitative estimate of drug-likeness (QED) is 0.603. The molecule has 1 rings (SSSR count). The molecule has 0 heterocycles. The fourth-order valence-electron chi connectivity index (χ4n) is 1.11. The Bertz CT molecular complexity index is 237. The van der Waals surface area contributed by atoms with Crippen LogP contribution in [0.4, 0.5) is 13.2 Å².